The van der Waals surface area contributed by atoms with E-state index in [1.165, 1.54) is 77.0 Å². The Hall–Kier alpha value is -2.04. The summed E-state index contributed by atoms with van der Waals surface area (Å²) in [4.78, 5) is 25.6. The van der Waals surface area contributed by atoms with Gasteiger partial charge in [0, 0.05) is 18.7 Å². The summed E-state index contributed by atoms with van der Waals surface area (Å²) in [6, 6.07) is 5.23. The maximum atomic E-state index is 12.9. The molecule has 2 N–H and O–H groups in total. The van der Waals surface area contributed by atoms with Gasteiger partial charge in [-0.2, -0.15) is 0 Å². The molecule has 0 saturated carbocycles. The summed E-state index contributed by atoms with van der Waals surface area (Å²) in [5, 5.41) is 6.06. The van der Waals surface area contributed by atoms with Crippen LogP contribution in [0, 0.1) is 0 Å². The Kier molecular flexibility index (Phi) is 20.6. The minimum atomic E-state index is -0.121. The molecule has 0 radical (unpaired) electrons. The van der Waals surface area contributed by atoms with Crippen molar-refractivity contribution in [2.24, 2.45) is 0 Å². The van der Waals surface area contributed by atoms with Crippen LogP contribution in [-0.2, 0) is 0 Å². The first-order chi connectivity index (χ1) is 18.1. The molecule has 1 rings (SSSR count). The second-order valence-electron chi connectivity index (χ2n) is 10.4. The van der Waals surface area contributed by atoms with E-state index >= 15 is 0 Å². The Balaban J connectivity index is 2.62. The van der Waals surface area contributed by atoms with Gasteiger partial charge in [-0.15, -0.1) is 0 Å². The quantitative estimate of drug-likeness (QED) is 0.135. The Labute approximate surface area is 227 Å². The fourth-order valence-corrected chi connectivity index (χ4v) is 4.45. The largest absolute Gasteiger partial charge is 0.493 e. The molecule has 1 aromatic carbocycles. The lowest BCUT2D eigenvalue weighted by Gasteiger charge is -2.14. The van der Waals surface area contributed by atoms with Crippen molar-refractivity contribution in [3.05, 3.63) is 29.3 Å². The number of benzene rings is 1. The highest BCUT2D eigenvalue weighted by molar-refractivity contribution is 6.00. The lowest BCUT2D eigenvalue weighted by molar-refractivity contribution is 0.0937. The van der Waals surface area contributed by atoms with Crippen molar-refractivity contribution in [1.29, 1.82) is 0 Å². The van der Waals surface area contributed by atoms with E-state index in [-0.39, 0.29) is 11.8 Å². The zero-order chi connectivity index (χ0) is 27.0. The number of carbonyl (C=O) groups is 2. The lowest BCUT2D eigenvalue weighted by atomic mass is 10.1. The molecule has 2 amide bonds. The van der Waals surface area contributed by atoms with Gasteiger partial charge in [-0.25, -0.2) is 0 Å². The van der Waals surface area contributed by atoms with Crippen molar-refractivity contribution in [3.63, 3.8) is 0 Å². The fourth-order valence-electron chi connectivity index (χ4n) is 4.45. The van der Waals surface area contributed by atoms with E-state index in [0.29, 0.717) is 36.6 Å². The Morgan fingerprint density at radius 2 is 1.05 bits per heavy atom. The van der Waals surface area contributed by atoms with Crippen LogP contribution in [0.5, 0.6) is 5.75 Å². The zero-order valence-corrected chi connectivity index (χ0v) is 24.3. The van der Waals surface area contributed by atoms with Gasteiger partial charge in [0.15, 0.2) is 0 Å². The van der Waals surface area contributed by atoms with E-state index in [4.69, 9.17) is 4.74 Å². The van der Waals surface area contributed by atoms with Crippen LogP contribution in [0.3, 0.4) is 0 Å². The first-order valence-electron chi connectivity index (χ1n) is 15.5. The molecule has 0 aliphatic rings. The number of rotatable bonds is 24. The van der Waals surface area contributed by atoms with E-state index in [2.05, 4.69) is 31.4 Å². The minimum Gasteiger partial charge on any atom is -0.493 e. The first kappa shape index (κ1) is 33.0. The third-order valence-corrected chi connectivity index (χ3v) is 6.88. The molecule has 5 heteroatoms. The summed E-state index contributed by atoms with van der Waals surface area (Å²) >= 11 is 0. The average Bonchev–Trinajstić information content (AvgIpc) is 2.91. The third kappa shape index (κ3) is 16.4. The van der Waals surface area contributed by atoms with E-state index in [9.17, 15) is 9.59 Å². The minimum absolute atomic E-state index is 0.102. The van der Waals surface area contributed by atoms with Gasteiger partial charge in [-0.1, -0.05) is 117 Å². The van der Waals surface area contributed by atoms with Gasteiger partial charge >= 0.3 is 0 Å². The lowest BCUT2D eigenvalue weighted by Crippen LogP contribution is -2.26. The highest BCUT2D eigenvalue weighted by Crippen LogP contribution is 2.22. The number of hydrogen-bond donors (Lipinski definition) is 2. The summed E-state index contributed by atoms with van der Waals surface area (Å²) < 4.78 is 6.08. The normalized spacial score (nSPS) is 10.9. The number of unbranched alkanes of at least 4 members (excludes halogenated alkanes) is 15. The smallest absolute Gasteiger partial charge is 0.255 e. The van der Waals surface area contributed by atoms with Gasteiger partial charge in [0.05, 0.1) is 12.2 Å². The second-order valence-corrected chi connectivity index (χ2v) is 10.4. The molecule has 0 fully saturated rings. The van der Waals surface area contributed by atoms with E-state index < -0.39 is 0 Å². The maximum absolute atomic E-state index is 12.9. The van der Waals surface area contributed by atoms with Crippen molar-refractivity contribution in [2.45, 2.75) is 136 Å². The van der Waals surface area contributed by atoms with Crippen molar-refractivity contribution in [3.8, 4) is 5.75 Å². The summed E-state index contributed by atoms with van der Waals surface area (Å²) in [6.07, 6.45) is 21.4. The molecule has 1 aromatic rings. The molecule has 0 atom stereocenters. The third-order valence-electron chi connectivity index (χ3n) is 6.88. The van der Waals surface area contributed by atoms with Gasteiger partial charge in [0.2, 0.25) is 0 Å². The standard InChI is InChI=1S/C32H56N2O3/c1-4-7-10-13-14-15-18-21-26-37-30-27-28(31(35)33-24-19-16-11-8-5-2)22-23-29(30)32(36)34-25-20-17-12-9-6-3/h22-23,27H,4-21,24-26H2,1-3H3,(H,33,35)(H,34,36). The number of amides is 2. The maximum Gasteiger partial charge on any atom is 0.255 e. The molecule has 0 spiro atoms. The van der Waals surface area contributed by atoms with Crippen molar-refractivity contribution >= 4 is 11.8 Å². The molecule has 0 heterocycles. The Morgan fingerprint density at radius 1 is 0.595 bits per heavy atom. The number of nitrogens with one attached hydrogen (secondary N) is 2. The highest BCUT2D eigenvalue weighted by atomic mass is 16.5. The Bertz CT molecular complexity index is 720. The van der Waals surface area contributed by atoms with Gasteiger partial charge < -0.3 is 15.4 Å². The van der Waals surface area contributed by atoms with E-state index in [1.54, 1.807) is 18.2 Å². The van der Waals surface area contributed by atoms with Crippen LogP contribution in [0.4, 0.5) is 0 Å². The topological polar surface area (TPSA) is 67.4 Å². The number of ether oxygens (including phenoxy) is 1. The second kappa shape index (κ2) is 23.1. The van der Waals surface area contributed by atoms with E-state index in [1.807, 2.05) is 0 Å². The van der Waals surface area contributed by atoms with Gasteiger partial charge in [0.25, 0.3) is 11.8 Å². The molecular weight excluding hydrogens is 460 g/mol. The molecule has 0 aliphatic carbocycles. The van der Waals surface area contributed by atoms with Crippen LogP contribution in [0.25, 0.3) is 0 Å². The molecule has 0 unspecified atom stereocenters. The van der Waals surface area contributed by atoms with Crippen LogP contribution in [0.2, 0.25) is 0 Å². The average molecular weight is 517 g/mol. The van der Waals surface area contributed by atoms with Gasteiger partial charge in [-0.3, -0.25) is 9.59 Å². The molecule has 0 aliphatic heterocycles. The van der Waals surface area contributed by atoms with Crippen LogP contribution in [0.15, 0.2) is 18.2 Å². The molecular formula is C32H56N2O3. The molecule has 5 nitrogen and oxygen atoms in total. The summed E-state index contributed by atoms with van der Waals surface area (Å²) in [6.45, 7) is 8.56. The molecule has 0 saturated heterocycles. The van der Waals surface area contributed by atoms with Gasteiger partial charge in [-0.05, 0) is 37.5 Å². The van der Waals surface area contributed by atoms with Crippen LogP contribution < -0.4 is 15.4 Å². The first-order valence-corrected chi connectivity index (χ1v) is 15.5. The van der Waals surface area contributed by atoms with E-state index in [0.717, 1.165) is 38.5 Å². The van der Waals surface area contributed by atoms with Gasteiger partial charge in [0.1, 0.15) is 5.75 Å². The zero-order valence-electron chi connectivity index (χ0n) is 24.3. The molecule has 0 bridgehead atoms. The van der Waals surface area contributed by atoms with Crippen LogP contribution >= 0.6 is 0 Å². The van der Waals surface area contributed by atoms with Crippen LogP contribution in [0.1, 0.15) is 157 Å². The fraction of sp³-hybridized carbons (Fsp3) is 0.750. The monoisotopic (exact) mass is 516 g/mol. The molecule has 0 aromatic heterocycles. The summed E-state index contributed by atoms with van der Waals surface area (Å²) in [5.41, 5.74) is 1.07. The SMILES string of the molecule is CCCCCCCCCCOc1cc(C(=O)NCCCCCCC)ccc1C(=O)NCCCCCCC. The molecule has 37 heavy (non-hydrogen) atoms. The van der Waals surface area contributed by atoms with Crippen LogP contribution in [-0.4, -0.2) is 31.5 Å². The summed E-state index contributed by atoms with van der Waals surface area (Å²) in [5.74, 6) is 0.293. The van der Waals surface area contributed by atoms with Crippen molar-refractivity contribution < 1.29 is 14.3 Å². The van der Waals surface area contributed by atoms with Crippen molar-refractivity contribution in [1.82, 2.24) is 10.6 Å². The number of hydrogen-bond acceptors (Lipinski definition) is 3. The molecule has 212 valence electrons. The highest BCUT2D eigenvalue weighted by Gasteiger charge is 2.16. The Morgan fingerprint density at radius 3 is 1.59 bits per heavy atom. The predicted molar refractivity (Wildman–Crippen MR) is 157 cm³/mol. The van der Waals surface area contributed by atoms with Crippen molar-refractivity contribution in [2.75, 3.05) is 19.7 Å². The summed E-state index contributed by atoms with van der Waals surface area (Å²) in [7, 11) is 0. The number of carbonyl (C=O) groups excluding carboxylic acids is 2. The predicted octanol–water partition coefficient (Wildman–Crippen LogP) is 8.61.